The SMILES string of the molecule is COCCOCCOCC(O)(P(=O)(O)O)P(=O)(O)O. The van der Waals surface area contributed by atoms with E-state index in [1.165, 1.54) is 7.11 Å². The minimum atomic E-state index is -5.47. The minimum Gasteiger partial charge on any atom is -0.382 e. The lowest BCUT2D eigenvalue weighted by atomic mass is 10.7. The maximum atomic E-state index is 10.9. The van der Waals surface area contributed by atoms with Crippen LogP contribution in [-0.2, 0) is 23.3 Å². The molecule has 0 saturated heterocycles. The Kier molecular flexibility index (Phi) is 7.86. The van der Waals surface area contributed by atoms with Crippen molar-refractivity contribution in [1.29, 1.82) is 0 Å². The molecule has 10 nitrogen and oxygen atoms in total. The van der Waals surface area contributed by atoms with Crippen molar-refractivity contribution in [2.24, 2.45) is 0 Å². The molecule has 116 valence electrons. The van der Waals surface area contributed by atoms with Crippen molar-refractivity contribution in [3.63, 3.8) is 0 Å². The largest absolute Gasteiger partial charge is 0.382 e. The molecule has 0 aliphatic carbocycles. The predicted octanol–water partition coefficient (Wildman–Crippen LogP) is -1.33. The Balaban J connectivity index is 4.26. The van der Waals surface area contributed by atoms with Crippen molar-refractivity contribution in [1.82, 2.24) is 0 Å². The van der Waals surface area contributed by atoms with E-state index in [1.54, 1.807) is 0 Å². The summed E-state index contributed by atoms with van der Waals surface area (Å²) in [4.78, 5) is 35.1. The first kappa shape index (κ1) is 19.1. The number of hydrogen-bond acceptors (Lipinski definition) is 6. The van der Waals surface area contributed by atoms with Gasteiger partial charge in [-0.15, -0.1) is 0 Å². The van der Waals surface area contributed by atoms with E-state index in [0.29, 0.717) is 6.61 Å². The summed E-state index contributed by atoms with van der Waals surface area (Å²) in [5.74, 6) is 0. The van der Waals surface area contributed by atoms with Gasteiger partial charge in [0.25, 0.3) is 5.08 Å². The van der Waals surface area contributed by atoms with Crippen molar-refractivity contribution in [3.8, 4) is 0 Å². The molecule has 0 saturated carbocycles. The Morgan fingerprint density at radius 1 is 0.895 bits per heavy atom. The van der Waals surface area contributed by atoms with Crippen molar-refractivity contribution >= 4 is 15.2 Å². The summed E-state index contributed by atoms with van der Waals surface area (Å²) >= 11 is 0. The zero-order valence-electron chi connectivity index (χ0n) is 10.2. The Morgan fingerprint density at radius 3 is 1.74 bits per heavy atom. The molecule has 0 rings (SSSR count). The van der Waals surface area contributed by atoms with Gasteiger partial charge in [0.15, 0.2) is 0 Å². The smallest absolute Gasteiger partial charge is 0.371 e. The third-order valence-corrected chi connectivity index (χ3v) is 5.72. The van der Waals surface area contributed by atoms with Gasteiger partial charge in [0.05, 0.1) is 33.0 Å². The topological polar surface area (TPSA) is 163 Å². The van der Waals surface area contributed by atoms with Crippen LogP contribution < -0.4 is 0 Å². The van der Waals surface area contributed by atoms with Crippen LogP contribution in [0.4, 0.5) is 0 Å². The van der Waals surface area contributed by atoms with E-state index in [0.717, 1.165) is 0 Å². The molecule has 0 heterocycles. The zero-order valence-corrected chi connectivity index (χ0v) is 12.0. The van der Waals surface area contributed by atoms with Crippen LogP contribution >= 0.6 is 15.2 Å². The van der Waals surface area contributed by atoms with Gasteiger partial charge in [0.2, 0.25) is 0 Å². The Labute approximate surface area is 109 Å². The molecule has 0 amide bonds. The quantitative estimate of drug-likeness (QED) is 0.240. The van der Waals surface area contributed by atoms with Gasteiger partial charge in [0.1, 0.15) is 0 Å². The highest BCUT2D eigenvalue weighted by atomic mass is 31.2. The lowest BCUT2D eigenvalue weighted by Crippen LogP contribution is -2.34. The summed E-state index contributed by atoms with van der Waals surface area (Å²) in [6.07, 6.45) is 0. The maximum absolute atomic E-state index is 10.9. The minimum absolute atomic E-state index is 0.0156. The van der Waals surface area contributed by atoms with Crippen molar-refractivity contribution in [2.75, 3.05) is 40.1 Å². The molecule has 19 heavy (non-hydrogen) atoms. The van der Waals surface area contributed by atoms with Crippen molar-refractivity contribution in [2.45, 2.75) is 5.08 Å². The molecule has 12 heteroatoms. The average molecular weight is 324 g/mol. The first-order valence-corrected chi connectivity index (χ1v) is 8.27. The number of ether oxygens (including phenoxy) is 3. The van der Waals surface area contributed by atoms with Crippen molar-refractivity contribution < 1.29 is 48.0 Å². The lowest BCUT2D eigenvalue weighted by molar-refractivity contribution is -0.00992. The van der Waals surface area contributed by atoms with Crippen LogP contribution in [0.15, 0.2) is 0 Å². The molecule has 0 aromatic carbocycles. The van der Waals surface area contributed by atoms with Gasteiger partial charge in [-0.25, -0.2) is 0 Å². The lowest BCUT2D eigenvalue weighted by Gasteiger charge is -2.28. The molecule has 0 aliphatic heterocycles. The van der Waals surface area contributed by atoms with E-state index in [2.05, 4.69) is 9.47 Å². The molecule has 0 aliphatic rings. The van der Waals surface area contributed by atoms with E-state index in [4.69, 9.17) is 24.3 Å². The van der Waals surface area contributed by atoms with E-state index in [9.17, 15) is 14.2 Å². The van der Waals surface area contributed by atoms with Crippen LogP contribution in [0.1, 0.15) is 0 Å². The normalized spacial score (nSPS) is 13.8. The summed E-state index contributed by atoms with van der Waals surface area (Å²) in [6.45, 7) is -0.793. The van der Waals surface area contributed by atoms with Gasteiger partial charge in [-0.2, -0.15) is 0 Å². The summed E-state index contributed by atoms with van der Waals surface area (Å²) in [7, 11) is -9.47. The summed E-state index contributed by atoms with van der Waals surface area (Å²) in [6, 6.07) is 0. The van der Waals surface area contributed by atoms with Crippen LogP contribution in [0.2, 0.25) is 0 Å². The van der Waals surface area contributed by atoms with Crippen LogP contribution in [0.3, 0.4) is 0 Å². The van der Waals surface area contributed by atoms with E-state index in [1.807, 2.05) is 0 Å². The second-order valence-electron chi connectivity index (χ2n) is 3.52. The highest BCUT2D eigenvalue weighted by molar-refractivity contribution is 7.72. The summed E-state index contributed by atoms with van der Waals surface area (Å²) in [5.41, 5.74) is 0. The maximum Gasteiger partial charge on any atom is 0.371 e. The monoisotopic (exact) mass is 324 g/mol. The van der Waals surface area contributed by atoms with E-state index >= 15 is 0 Å². The Hall–Kier alpha value is 0.140. The fourth-order valence-electron chi connectivity index (χ4n) is 0.909. The number of hydrogen-bond donors (Lipinski definition) is 5. The third kappa shape index (κ3) is 5.97. The molecule has 0 spiro atoms. The molecule has 0 atom stereocenters. The van der Waals surface area contributed by atoms with Gasteiger partial charge in [-0.1, -0.05) is 0 Å². The van der Waals surface area contributed by atoms with Gasteiger partial charge in [0, 0.05) is 7.11 Å². The molecule has 0 unspecified atom stereocenters. The molecule has 0 bridgehead atoms. The molecular weight excluding hydrogens is 306 g/mol. The molecular formula is C7H18O10P2. The highest BCUT2D eigenvalue weighted by Crippen LogP contribution is 2.67. The van der Waals surface area contributed by atoms with Gasteiger partial charge in [-0.3, -0.25) is 9.13 Å². The van der Waals surface area contributed by atoms with E-state index in [-0.39, 0.29) is 19.8 Å². The second-order valence-corrected chi connectivity index (χ2v) is 7.53. The first-order chi connectivity index (χ1) is 8.56. The van der Waals surface area contributed by atoms with Gasteiger partial charge in [-0.05, 0) is 0 Å². The number of aliphatic hydroxyl groups is 1. The van der Waals surface area contributed by atoms with E-state index < -0.39 is 26.9 Å². The fourth-order valence-corrected chi connectivity index (χ4v) is 2.79. The second kappa shape index (κ2) is 7.80. The van der Waals surface area contributed by atoms with Crippen LogP contribution in [0, 0.1) is 0 Å². The van der Waals surface area contributed by atoms with Crippen molar-refractivity contribution in [3.05, 3.63) is 0 Å². The summed E-state index contributed by atoms with van der Waals surface area (Å²) < 4.78 is 36.1. The first-order valence-electron chi connectivity index (χ1n) is 5.04. The molecule has 0 aromatic heterocycles. The predicted molar refractivity (Wildman–Crippen MR) is 62.6 cm³/mol. The molecule has 0 fully saturated rings. The Bertz CT molecular complexity index is 324. The molecule has 0 radical (unpaired) electrons. The van der Waals surface area contributed by atoms with Crippen LogP contribution in [-0.4, -0.2) is 69.9 Å². The zero-order chi connectivity index (χ0) is 15.2. The average Bonchev–Trinajstić information content (AvgIpc) is 2.24. The Morgan fingerprint density at radius 2 is 1.32 bits per heavy atom. The number of methoxy groups -OCH3 is 1. The van der Waals surface area contributed by atoms with Gasteiger partial charge < -0.3 is 38.9 Å². The van der Waals surface area contributed by atoms with Gasteiger partial charge >= 0.3 is 15.2 Å². The number of rotatable bonds is 10. The fraction of sp³-hybridized carbons (Fsp3) is 1.00. The third-order valence-electron chi connectivity index (χ3n) is 2.03. The molecule has 5 N–H and O–H groups in total. The highest BCUT2D eigenvalue weighted by Gasteiger charge is 2.59. The summed E-state index contributed by atoms with van der Waals surface area (Å²) in [5, 5.41) is 5.86. The van der Waals surface area contributed by atoms with Crippen LogP contribution in [0.25, 0.3) is 0 Å². The standard InChI is InChI=1S/C7H18O10P2/c1-15-2-3-16-4-5-17-6-7(8,18(9,10)11)19(12,13)14/h8H,2-6H2,1H3,(H2,9,10,11)(H2,12,13,14). The molecule has 0 aromatic rings. The van der Waals surface area contributed by atoms with Crippen LogP contribution in [0.5, 0.6) is 0 Å².